The first kappa shape index (κ1) is 42.1. The smallest absolute Gasteiger partial charge is 0.407 e. The van der Waals surface area contributed by atoms with Crippen LogP contribution in [0, 0.1) is 0 Å². The summed E-state index contributed by atoms with van der Waals surface area (Å²) in [5, 5.41) is 61.1. The molecule has 0 radical (unpaired) electrons. The Hall–Kier alpha value is -5.99. The lowest BCUT2D eigenvalue weighted by atomic mass is 9.72. The summed E-state index contributed by atoms with van der Waals surface area (Å²) < 4.78 is 22.7. The van der Waals surface area contributed by atoms with Gasteiger partial charge in [-0.25, -0.2) is 4.79 Å². The number of fused-ring (bicyclic) bond motifs is 3. The molecule has 19 nitrogen and oxygen atoms in total. The molecular formula is C41H44N4O15. The second kappa shape index (κ2) is 16.9. The number of carbonyl (C=O) groups is 6. The van der Waals surface area contributed by atoms with Crippen molar-refractivity contribution in [2.75, 3.05) is 26.8 Å². The third kappa shape index (κ3) is 7.77. The van der Waals surface area contributed by atoms with Crippen LogP contribution in [0.3, 0.4) is 0 Å². The van der Waals surface area contributed by atoms with Crippen LogP contribution in [0.4, 0.5) is 4.79 Å². The van der Waals surface area contributed by atoms with E-state index in [1.165, 1.54) is 43.3 Å². The number of hydrogen-bond donors (Lipinski definition) is 7. The van der Waals surface area contributed by atoms with Gasteiger partial charge in [-0.05, 0) is 31.9 Å². The van der Waals surface area contributed by atoms with E-state index < -0.39 is 126 Å². The Kier molecular flexibility index (Phi) is 11.9. The first-order chi connectivity index (χ1) is 28.7. The number of rotatable bonds is 11. The molecule has 0 saturated carbocycles. The second-order valence-electron chi connectivity index (χ2n) is 15.1. The maximum Gasteiger partial charge on any atom is 0.407 e. The molecule has 2 fully saturated rings. The molecule has 2 saturated heterocycles. The molecule has 7 N–H and O–H groups in total. The molecule has 19 heteroatoms. The van der Waals surface area contributed by atoms with E-state index >= 15 is 0 Å². The molecule has 3 heterocycles. The van der Waals surface area contributed by atoms with E-state index in [9.17, 15) is 54.3 Å². The van der Waals surface area contributed by atoms with E-state index in [0.717, 1.165) is 0 Å². The van der Waals surface area contributed by atoms with Gasteiger partial charge < -0.3 is 60.0 Å². The van der Waals surface area contributed by atoms with Crippen molar-refractivity contribution in [2.24, 2.45) is 0 Å². The molecule has 7 rings (SSSR count). The number of methoxy groups -OCH3 is 1. The normalized spacial score (nSPS) is 25.7. The van der Waals surface area contributed by atoms with E-state index in [4.69, 9.17) is 18.9 Å². The molecule has 2 aliphatic heterocycles. The summed E-state index contributed by atoms with van der Waals surface area (Å²) in [7, 11) is 1.29. The molecule has 1 aromatic heterocycles. The van der Waals surface area contributed by atoms with E-state index in [2.05, 4.69) is 15.6 Å². The predicted octanol–water partition coefficient (Wildman–Crippen LogP) is 0.471. The van der Waals surface area contributed by atoms with Crippen LogP contribution in [0.2, 0.25) is 0 Å². The van der Waals surface area contributed by atoms with Crippen LogP contribution in [0.15, 0.2) is 42.7 Å². The topological polar surface area (TPSA) is 281 Å². The number of pyridine rings is 1. The zero-order valence-electron chi connectivity index (χ0n) is 32.6. The lowest BCUT2D eigenvalue weighted by Gasteiger charge is -2.43. The minimum atomic E-state index is -2.38. The van der Waals surface area contributed by atoms with Crippen molar-refractivity contribution in [2.45, 2.75) is 87.9 Å². The number of ether oxygens (including phenoxy) is 4. The highest BCUT2D eigenvalue weighted by atomic mass is 16.7. The number of phenols is 2. The van der Waals surface area contributed by atoms with Gasteiger partial charge in [0.05, 0.1) is 42.0 Å². The van der Waals surface area contributed by atoms with Crippen molar-refractivity contribution in [1.29, 1.82) is 0 Å². The van der Waals surface area contributed by atoms with Crippen LogP contribution in [-0.4, -0.2) is 134 Å². The number of ketones is 3. The average molecular weight is 833 g/mol. The molecule has 0 bridgehead atoms. The maximum absolute atomic E-state index is 14.0. The second-order valence-corrected chi connectivity index (χ2v) is 15.1. The number of hydrogen-bond acceptors (Lipinski definition) is 16. The third-order valence-corrected chi connectivity index (χ3v) is 11.4. The number of aromatic hydroxyl groups is 2. The van der Waals surface area contributed by atoms with Gasteiger partial charge >= 0.3 is 6.09 Å². The molecule has 0 spiro atoms. The van der Waals surface area contributed by atoms with Gasteiger partial charge in [0.15, 0.2) is 17.9 Å². The fourth-order valence-corrected chi connectivity index (χ4v) is 8.41. The summed E-state index contributed by atoms with van der Waals surface area (Å²) in [6, 6.07) is 5.68. The molecule has 318 valence electrons. The molecule has 4 aliphatic rings. The van der Waals surface area contributed by atoms with Gasteiger partial charge in [-0.1, -0.05) is 18.2 Å². The number of phenolic OH excluding ortho intramolecular Hbond substituents is 2. The van der Waals surface area contributed by atoms with Crippen LogP contribution < -0.4 is 15.4 Å². The minimum absolute atomic E-state index is 0.0409. The van der Waals surface area contributed by atoms with E-state index in [1.807, 2.05) is 0 Å². The van der Waals surface area contributed by atoms with Crippen LogP contribution in [-0.2, 0) is 41.6 Å². The van der Waals surface area contributed by atoms with E-state index in [1.54, 1.807) is 18.3 Å². The molecule has 2 aromatic carbocycles. The number of Topliss-reactive ketones (excluding diaryl/α,β-unsaturated/α-hetero) is 1. The van der Waals surface area contributed by atoms with Crippen molar-refractivity contribution < 1.29 is 73.2 Å². The Labute approximate surface area is 342 Å². The molecule has 60 heavy (non-hydrogen) atoms. The summed E-state index contributed by atoms with van der Waals surface area (Å²) >= 11 is 0. The van der Waals surface area contributed by atoms with Gasteiger partial charge in [0.1, 0.15) is 54.8 Å². The van der Waals surface area contributed by atoms with Crippen LogP contribution in [0.25, 0.3) is 0 Å². The third-order valence-electron chi connectivity index (χ3n) is 11.4. The quantitative estimate of drug-likeness (QED) is 0.101. The molecular weight excluding hydrogens is 788 g/mol. The van der Waals surface area contributed by atoms with E-state index in [-0.39, 0.29) is 47.6 Å². The number of carbonyl (C=O) groups excluding carboxylic acids is 6. The molecule has 3 aromatic rings. The van der Waals surface area contributed by atoms with Crippen molar-refractivity contribution in [3.63, 3.8) is 0 Å². The number of likely N-dealkylation sites (tertiary alicyclic amines) is 1. The molecule has 3 amide bonds. The Morgan fingerprint density at radius 3 is 2.53 bits per heavy atom. The van der Waals surface area contributed by atoms with E-state index in [0.29, 0.717) is 18.4 Å². The number of aliphatic hydroxyl groups is 3. The largest absolute Gasteiger partial charge is 0.507 e. The summed E-state index contributed by atoms with van der Waals surface area (Å²) in [6.45, 7) is 0.113. The highest BCUT2D eigenvalue weighted by Crippen LogP contribution is 2.52. The number of amides is 3. The minimum Gasteiger partial charge on any atom is -0.507 e. The maximum atomic E-state index is 14.0. The Bertz CT molecular complexity index is 2230. The summed E-state index contributed by atoms with van der Waals surface area (Å²) in [5.74, 6) is -5.37. The Balaban J connectivity index is 1.09. The highest BCUT2D eigenvalue weighted by molar-refractivity contribution is 6.31. The number of alkyl carbamates (subject to hydrolysis) is 1. The molecule has 7 atom stereocenters. The van der Waals surface area contributed by atoms with Crippen molar-refractivity contribution in [3.8, 4) is 17.2 Å². The fourth-order valence-electron chi connectivity index (χ4n) is 8.41. The molecule has 0 unspecified atom stereocenters. The van der Waals surface area contributed by atoms with Crippen molar-refractivity contribution >= 4 is 35.3 Å². The average Bonchev–Trinajstić information content (AvgIpc) is 3.74. The zero-order valence-corrected chi connectivity index (χ0v) is 32.6. The number of aromatic nitrogens is 1. The predicted molar refractivity (Wildman–Crippen MR) is 203 cm³/mol. The summed E-state index contributed by atoms with van der Waals surface area (Å²) in [5.41, 5.74) is -3.61. The van der Waals surface area contributed by atoms with Crippen LogP contribution in [0.5, 0.6) is 17.2 Å². The van der Waals surface area contributed by atoms with Crippen LogP contribution in [0.1, 0.15) is 87.2 Å². The standard InChI is InChI=1S/C41H44N4O15/c1-19-34(49)23(44-39(54)24-8-5-11-45(24)28(48)16-43-40(55)58-18-20-6-4-10-42-15-20)12-29(59-19)60-26-14-41(56,27(47)17-46)13-22-31(26)38(53)33-32(36(22)51)35(50)21-7-3-9-25(57-2)30(21)37(33)52/h3-4,6-7,9-10,15,19,23-24,26,29,34,46,49,51,53,56H,5,8,11-14,16-18H2,1-2H3,(H,43,55)(H,44,54)/t19-,23-,24-,26-,29+,34+,41-/m0/s1. The Morgan fingerprint density at radius 1 is 1.05 bits per heavy atom. The summed E-state index contributed by atoms with van der Waals surface area (Å²) in [4.78, 5) is 85.1. The fraction of sp³-hybridized carbons (Fsp3) is 0.439. The first-order valence-corrected chi connectivity index (χ1v) is 19.3. The highest BCUT2D eigenvalue weighted by Gasteiger charge is 2.50. The summed E-state index contributed by atoms with van der Waals surface area (Å²) in [6.07, 6.45) is -3.61. The monoisotopic (exact) mass is 832 g/mol. The first-order valence-electron chi connectivity index (χ1n) is 19.3. The lowest BCUT2D eigenvalue weighted by molar-refractivity contribution is -0.249. The SMILES string of the molecule is COc1cccc2c1C(=O)c1c(O)c3c(c(O)c1C2=O)C[C@@](O)(C(=O)CO)C[C@@H]3O[C@@H]1C[C@H](NC(=O)[C@@H]2CCCN2C(=O)CNC(=O)OCc2cccnc2)[C@H](O)[C@H](C)O1. The lowest BCUT2D eigenvalue weighted by Crippen LogP contribution is -2.58. The van der Waals surface area contributed by atoms with Gasteiger partial charge in [0.25, 0.3) is 0 Å². The van der Waals surface area contributed by atoms with Crippen LogP contribution >= 0.6 is 0 Å². The number of nitrogens with one attached hydrogen (secondary N) is 2. The number of nitrogens with zero attached hydrogens (tertiary/aromatic N) is 2. The zero-order chi connectivity index (χ0) is 43.0. The van der Waals surface area contributed by atoms with Crippen molar-refractivity contribution in [1.82, 2.24) is 20.5 Å². The Morgan fingerprint density at radius 2 is 1.82 bits per heavy atom. The van der Waals surface area contributed by atoms with Gasteiger partial charge in [-0.2, -0.15) is 0 Å². The van der Waals surface area contributed by atoms with Gasteiger partial charge in [0, 0.05) is 60.5 Å². The number of benzene rings is 2. The molecule has 2 aliphatic carbocycles. The van der Waals surface area contributed by atoms with Gasteiger partial charge in [0.2, 0.25) is 17.6 Å². The van der Waals surface area contributed by atoms with Gasteiger partial charge in [-0.15, -0.1) is 0 Å². The van der Waals surface area contributed by atoms with Crippen molar-refractivity contribution in [3.05, 3.63) is 81.7 Å². The van der Waals surface area contributed by atoms with Gasteiger partial charge in [-0.3, -0.25) is 29.0 Å². The number of aliphatic hydroxyl groups excluding tert-OH is 2.